The number of hydrogen-bond acceptors (Lipinski definition) is 3. The second-order valence-corrected chi connectivity index (χ2v) is 6.20. The lowest BCUT2D eigenvalue weighted by Gasteiger charge is -2.33. The van der Waals surface area contributed by atoms with Gasteiger partial charge in [-0.3, -0.25) is 4.79 Å². The molecule has 0 aromatic heterocycles. The summed E-state index contributed by atoms with van der Waals surface area (Å²) in [7, 11) is 2.01. The fourth-order valence-electron chi connectivity index (χ4n) is 2.12. The van der Waals surface area contributed by atoms with Gasteiger partial charge in [0, 0.05) is 19.1 Å². The van der Waals surface area contributed by atoms with Crippen LogP contribution in [0.25, 0.3) is 0 Å². The summed E-state index contributed by atoms with van der Waals surface area (Å²) in [4.78, 5) is 14.2. The van der Waals surface area contributed by atoms with Crippen LogP contribution in [0.2, 0.25) is 0 Å². The van der Waals surface area contributed by atoms with E-state index in [1.807, 2.05) is 18.9 Å². The van der Waals surface area contributed by atoms with Crippen LogP contribution >= 0.6 is 24.2 Å². The Morgan fingerprint density at radius 2 is 2.06 bits per heavy atom. The number of nitrogens with one attached hydrogen (secondary N) is 1. The fourth-order valence-corrected chi connectivity index (χ4v) is 3.22. The maximum absolute atomic E-state index is 12.2. The zero-order valence-electron chi connectivity index (χ0n) is 11.8. The van der Waals surface area contributed by atoms with Crippen LogP contribution in [-0.2, 0) is 4.79 Å². The minimum atomic E-state index is 0. The number of rotatable bonds is 6. The summed E-state index contributed by atoms with van der Waals surface area (Å²) in [5.41, 5.74) is 0. The van der Waals surface area contributed by atoms with Crippen molar-refractivity contribution < 1.29 is 4.79 Å². The van der Waals surface area contributed by atoms with E-state index in [1.54, 1.807) is 11.8 Å². The van der Waals surface area contributed by atoms with Crippen LogP contribution in [0.15, 0.2) is 0 Å². The number of unbranched alkanes of at least 4 members (excludes halogenated alkanes) is 1. The molecule has 1 aliphatic rings. The first-order valence-electron chi connectivity index (χ1n) is 6.76. The van der Waals surface area contributed by atoms with Gasteiger partial charge in [-0.2, -0.15) is 0 Å². The van der Waals surface area contributed by atoms with E-state index >= 15 is 0 Å². The molecule has 1 heterocycles. The van der Waals surface area contributed by atoms with E-state index in [2.05, 4.69) is 12.2 Å². The van der Waals surface area contributed by atoms with Crippen molar-refractivity contribution in [1.29, 1.82) is 0 Å². The summed E-state index contributed by atoms with van der Waals surface area (Å²) in [6.07, 6.45) is 4.61. The van der Waals surface area contributed by atoms with Crippen molar-refractivity contribution in [1.82, 2.24) is 10.2 Å². The predicted molar refractivity (Wildman–Crippen MR) is 82.7 cm³/mol. The molecule has 5 heteroatoms. The van der Waals surface area contributed by atoms with Crippen LogP contribution < -0.4 is 5.32 Å². The summed E-state index contributed by atoms with van der Waals surface area (Å²) in [5.74, 6) is 1.44. The largest absolute Gasteiger partial charge is 0.342 e. The summed E-state index contributed by atoms with van der Waals surface area (Å²) in [5, 5.41) is 3.42. The smallest absolute Gasteiger partial charge is 0.235 e. The lowest BCUT2D eigenvalue weighted by Crippen LogP contribution is -2.46. The van der Waals surface area contributed by atoms with Crippen molar-refractivity contribution in [2.45, 2.75) is 50.8 Å². The van der Waals surface area contributed by atoms with E-state index < -0.39 is 0 Å². The third kappa shape index (κ3) is 5.81. The van der Waals surface area contributed by atoms with Gasteiger partial charge in [0.2, 0.25) is 5.91 Å². The first-order valence-corrected chi connectivity index (χ1v) is 7.81. The van der Waals surface area contributed by atoms with Crippen molar-refractivity contribution in [2.24, 2.45) is 0 Å². The van der Waals surface area contributed by atoms with E-state index in [4.69, 9.17) is 0 Å². The molecule has 1 amide bonds. The molecule has 0 saturated carbocycles. The Labute approximate surface area is 122 Å². The fraction of sp³-hybridized carbons (Fsp3) is 0.923. The molecular formula is C13H27ClN2OS. The first kappa shape index (κ1) is 18.1. The predicted octanol–water partition coefficient (Wildman–Crippen LogP) is 2.54. The van der Waals surface area contributed by atoms with Gasteiger partial charge in [0.15, 0.2) is 0 Å². The molecule has 1 unspecified atom stereocenters. The Bertz CT molecular complexity index is 233. The molecule has 0 aromatic rings. The molecule has 0 radical (unpaired) electrons. The maximum Gasteiger partial charge on any atom is 0.235 e. The zero-order valence-corrected chi connectivity index (χ0v) is 13.4. The summed E-state index contributed by atoms with van der Waals surface area (Å²) in [6, 6.07) is 0.599. The molecule has 1 atom stereocenters. The van der Waals surface area contributed by atoms with Crippen LogP contribution in [0.4, 0.5) is 0 Å². The number of amides is 1. The Morgan fingerprint density at radius 1 is 1.44 bits per heavy atom. The van der Waals surface area contributed by atoms with Gasteiger partial charge in [0.1, 0.15) is 0 Å². The Balaban J connectivity index is 0.00000289. The number of halogens is 1. The average Bonchev–Trinajstić information content (AvgIpc) is 2.38. The standard InChI is InChI=1S/C13H26N2OS.ClH/c1-4-5-10-17-11(2)13(16)15-8-6-12(14-3)7-9-15;/h11-12,14H,4-10H2,1-3H3;1H. The molecule has 3 nitrogen and oxygen atoms in total. The Morgan fingerprint density at radius 3 is 2.56 bits per heavy atom. The van der Waals surface area contributed by atoms with Gasteiger partial charge < -0.3 is 10.2 Å². The first-order chi connectivity index (χ1) is 8.19. The molecule has 1 N–H and O–H groups in total. The molecule has 0 spiro atoms. The molecule has 1 fully saturated rings. The van der Waals surface area contributed by atoms with Gasteiger partial charge in [-0.15, -0.1) is 24.2 Å². The third-order valence-electron chi connectivity index (χ3n) is 3.43. The number of hydrogen-bond donors (Lipinski definition) is 1. The van der Waals surface area contributed by atoms with Crippen molar-refractivity contribution in [3.63, 3.8) is 0 Å². The lowest BCUT2D eigenvalue weighted by molar-refractivity contribution is -0.131. The highest BCUT2D eigenvalue weighted by atomic mass is 35.5. The zero-order chi connectivity index (χ0) is 12.7. The summed E-state index contributed by atoms with van der Waals surface area (Å²) < 4.78 is 0. The molecular weight excluding hydrogens is 268 g/mol. The van der Waals surface area contributed by atoms with Crippen LogP contribution in [0.5, 0.6) is 0 Å². The van der Waals surface area contributed by atoms with Crippen LogP contribution in [-0.4, -0.2) is 48.0 Å². The molecule has 0 bridgehead atoms. The minimum absolute atomic E-state index is 0. The van der Waals surface area contributed by atoms with Gasteiger partial charge in [-0.1, -0.05) is 13.3 Å². The number of piperidine rings is 1. The van der Waals surface area contributed by atoms with Gasteiger partial charge in [-0.05, 0) is 39.0 Å². The highest BCUT2D eigenvalue weighted by molar-refractivity contribution is 8.00. The van der Waals surface area contributed by atoms with E-state index in [9.17, 15) is 4.79 Å². The minimum Gasteiger partial charge on any atom is -0.342 e. The Kier molecular flexibility index (Phi) is 9.97. The molecule has 108 valence electrons. The van der Waals surface area contributed by atoms with E-state index in [1.165, 1.54) is 12.8 Å². The van der Waals surface area contributed by atoms with Crippen LogP contribution in [0.3, 0.4) is 0 Å². The SMILES string of the molecule is CCCCSC(C)C(=O)N1CCC(NC)CC1.Cl. The quantitative estimate of drug-likeness (QED) is 0.764. The summed E-state index contributed by atoms with van der Waals surface area (Å²) >= 11 is 1.80. The third-order valence-corrected chi connectivity index (χ3v) is 4.65. The molecule has 18 heavy (non-hydrogen) atoms. The van der Waals surface area contributed by atoms with E-state index in [0.717, 1.165) is 31.7 Å². The van der Waals surface area contributed by atoms with Crippen molar-refractivity contribution in [3.05, 3.63) is 0 Å². The van der Waals surface area contributed by atoms with Gasteiger partial charge in [0.25, 0.3) is 0 Å². The number of thioether (sulfide) groups is 1. The lowest BCUT2D eigenvalue weighted by atomic mass is 10.1. The maximum atomic E-state index is 12.2. The van der Waals surface area contributed by atoms with Crippen LogP contribution in [0.1, 0.15) is 39.5 Å². The van der Waals surface area contributed by atoms with E-state index in [-0.39, 0.29) is 17.7 Å². The number of carbonyl (C=O) groups excluding carboxylic acids is 1. The molecule has 0 aliphatic carbocycles. The second kappa shape index (κ2) is 9.93. The molecule has 1 saturated heterocycles. The van der Waals surface area contributed by atoms with Gasteiger partial charge in [0.05, 0.1) is 5.25 Å². The monoisotopic (exact) mass is 294 g/mol. The number of carbonyl (C=O) groups is 1. The van der Waals surface area contributed by atoms with Crippen LogP contribution in [0, 0.1) is 0 Å². The van der Waals surface area contributed by atoms with Gasteiger partial charge in [-0.25, -0.2) is 0 Å². The number of nitrogens with zero attached hydrogens (tertiary/aromatic N) is 1. The van der Waals surface area contributed by atoms with Crippen molar-refractivity contribution in [2.75, 3.05) is 25.9 Å². The normalized spacial score (nSPS) is 18.3. The van der Waals surface area contributed by atoms with E-state index in [0.29, 0.717) is 11.9 Å². The topological polar surface area (TPSA) is 32.3 Å². The van der Waals surface area contributed by atoms with Crippen molar-refractivity contribution in [3.8, 4) is 0 Å². The summed E-state index contributed by atoms with van der Waals surface area (Å²) in [6.45, 7) is 6.08. The van der Waals surface area contributed by atoms with Crippen molar-refractivity contribution >= 4 is 30.1 Å². The Hall–Kier alpha value is 0.0700. The average molecular weight is 295 g/mol. The second-order valence-electron chi connectivity index (χ2n) is 4.75. The molecule has 1 rings (SSSR count). The highest BCUT2D eigenvalue weighted by Crippen LogP contribution is 2.18. The molecule has 1 aliphatic heterocycles. The highest BCUT2D eigenvalue weighted by Gasteiger charge is 2.25. The number of likely N-dealkylation sites (tertiary alicyclic amines) is 1. The van der Waals surface area contributed by atoms with Gasteiger partial charge >= 0.3 is 0 Å². The molecule has 0 aromatic carbocycles.